The Morgan fingerprint density at radius 1 is 1.35 bits per heavy atom. The summed E-state index contributed by atoms with van der Waals surface area (Å²) in [6.07, 6.45) is 6.86. The first-order valence-electron chi connectivity index (χ1n) is 8.21. The molecule has 0 aliphatic carbocycles. The summed E-state index contributed by atoms with van der Waals surface area (Å²) >= 11 is 6.89. The van der Waals surface area contributed by atoms with E-state index in [1.54, 1.807) is 4.90 Å². The lowest BCUT2D eigenvalue weighted by atomic mass is 10.0. The number of nitrogens with zero attached hydrogens (tertiary/aromatic N) is 2. The minimum Gasteiger partial charge on any atom is -0.373 e. The van der Waals surface area contributed by atoms with Crippen molar-refractivity contribution in [2.75, 3.05) is 11.4 Å². The van der Waals surface area contributed by atoms with Crippen LogP contribution in [-0.4, -0.2) is 27.7 Å². The molecule has 0 saturated carbocycles. The molecule has 2 fully saturated rings. The first-order valence-corrected chi connectivity index (χ1v) is 9.43. The second-order valence-corrected chi connectivity index (χ2v) is 7.76. The molecule has 2 saturated heterocycles. The molecule has 0 N–H and O–H groups in total. The normalized spacial score (nSPS) is 23.9. The Kier molecular flexibility index (Phi) is 5.07. The summed E-state index contributed by atoms with van der Waals surface area (Å²) in [5, 5.41) is 0. The fourth-order valence-electron chi connectivity index (χ4n) is 3.26. The number of para-hydroxylation sites is 1. The number of amides is 1. The summed E-state index contributed by atoms with van der Waals surface area (Å²) in [5.41, 5.74) is 1.96. The van der Waals surface area contributed by atoms with Gasteiger partial charge in [-0.05, 0) is 44.2 Å². The molecule has 0 aromatic heterocycles. The molecule has 1 unspecified atom stereocenters. The van der Waals surface area contributed by atoms with E-state index < -0.39 is 0 Å². The van der Waals surface area contributed by atoms with Crippen LogP contribution in [0.15, 0.2) is 35.4 Å². The zero-order valence-corrected chi connectivity index (χ0v) is 15.3. The van der Waals surface area contributed by atoms with Gasteiger partial charge in [-0.25, -0.2) is 0 Å². The monoisotopic (exact) mass is 346 g/mol. The van der Waals surface area contributed by atoms with Crippen molar-refractivity contribution >= 4 is 39.9 Å². The molecule has 1 amide bonds. The van der Waals surface area contributed by atoms with E-state index in [1.807, 2.05) is 37.4 Å². The molecule has 0 radical (unpaired) electrons. The van der Waals surface area contributed by atoms with Crippen LogP contribution in [0.2, 0.25) is 0 Å². The van der Waals surface area contributed by atoms with Gasteiger partial charge in [-0.2, -0.15) is 0 Å². The van der Waals surface area contributed by atoms with Crippen LogP contribution in [0.3, 0.4) is 0 Å². The molecule has 23 heavy (non-hydrogen) atoms. The number of piperidine rings is 1. The Labute approximate surface area is 147 Å². The van der Waals surface area contributed by atoms with Gasteiger partial charge in [0.25, 0.3) is 5.91 Å². The number of carbonyl (C=O) groups is 1. The van der Waals surface area contributed by atoms with Gasteiger partial charge in [0.1, 0.15) is 0 Å². The van der Waals surface area contributed by atoms with E-state index in [2.05, 4.69) is 11.8 Å². The molecule has 0 bridgehead atoms. The lowest BCUT2D eigenvalue weighted by Crippen LogP contribution is -2.35. The maximum atomic E-state index is 12.9. The number of thioether (sulfide) groups is 1. The van der Waals surface area contributed by atoms with Gasteiger partial charge in [-0.3, -0.25) is 9.69 Å². The standard InChI is InChI=1S/C18H22N2OS2/c1-3-14-9-6-7-11-19(14)12-16-17(21)20(18(22)23-16)15-10-5-4-8-13(15)2/h4-5,8,10,12,14H,3,6-7,9,11H2,1-2H3. The third kappa shape index (κ3) is 3.31. The Balaban J connectivity index is 1.86. The van der Waals surface area contributed by atoms with E-state index >= 15 is 0 Å². The minimum absolute atomic E-state index is 0.00901. The van der Waals surface area contributed by atoms with Crippen molar-refractivity contribution < 1.29 is 4.79 Å². The topological polar surface area (TPSA) is 23.6 Å². The number of aryl methyl sites for hydroxylation is 1. The summed E-state index contributed by atoms with van der Waals surface area (Å²) in [5.74, 6) is 0.00901. The van der Waals surface area contributed by atoms with Crippen molar-refractivity contribution in [3.05, 3.63) is 40.9 Å². The number of carbonyl (C=O) groups excluding carboxylic acids is 1. The molecule has 0 spiro atoms. The number of hydrogen-bond acceptors (Lipinski definition) is 4. The summed E-state index contributed by atoms with van der Waals surface area (Å²) in [7, 11) is 0. The van der Waals surface area contributed by atoms with Crippen molar-refractivity contribution in [2.24, 2.45) is 0 Å². The van der Waals surface area contributed by atoms with E-state index in [0.29, 0.717) is 10.4 Å². The first-order chi connectivity index (χ1) is 11.1. The summed E-state index contributed by atoms with van der Waals surface area (Å²) in [4.78, 5) is 17.6. The van der Waals surface area contributed by atoms with Crippen molar-refractivity contribution in [3.8, 4) is 0 Å². The second kappa shape index (κ2) is 7.05. The smallest absolute Gasteiger partial charge is 0.272 e. The van der Waals surface area contributed by atoms with E-state index in [9.17, 15) is 4.79 Å². The molecule has 2 aliphatic rings. The number of likely N-dealkylation sites (tertiary alicyclic amines) is 1. The maximum absolute atomic E-state index is 12.9. The highest BCUT2D eigenvalue weighted by atomic mass is 32.2. The van der Waals surface area contributed by atoms with Gasteiger partial charge in [0.15, 0.2) is 4.32 Å². The summed E-state index contributed by atoms with van der Waals surface area (Å²) in [6, 6.07) is 8.44. The van der Waals surface area contributed by atoms with Gasteiger partial charge < -0.3 is 4.90 Å². The largest absolute Gasteiger partial charge is 0.373 e. The van der Waals surface area contributed by atoms with Gasteiger partial charge in [0, 0.05) is 18.8 Å². The quantitative estimate of drug-likeness (QED) is 0.595. The van der Waals surface area contributed by atoms with Crippen LogP contribution < -0.4 is 4.90 Å². The predicted octanol–water partition coefficient (Wildman–Crippen LogP) is 4.47. The molecular weight excluding hydrogens is 324 g/mol. The molecule has 3 nitrogen and oxygen atoms in total. The van der Waals surface area contributed by atoms with E-state index in [-0.39, 0.29) is 5.91 Å². The molecule has 3 rings (SSSR count). The van der Waals surface area contributed by atoms with Crippen LogP contribution in [0, 0.1) is 6.92 Å². The van der Waals surface area contributed by atoms with Gasteiger partial charge in [-0.1, -0.05) is 49.1 Å². The first kappa shape index (κ1) is 16.5. The average Bonchev–Trinajstić information content (AvgIpc) is 2.83. The Hall–Kier alpha value is -1.33. The Morgan fingerprint density at radius 2 is 2.13 bits per heavy atom. The SMILES string of the molecule is CCC1CCCCN1C=C1SC(=S)N(c2ccccc2C)C1=O. The zero-order valence-electron chi connectivity index (χ0n) is 13.6. The molecule has 1 atom stereocenters. The lowest BCUT2D eigenvalue weighted by Gasteiger charge is -2.34. The molecule has 1 aromatic rings. The highest BCUT2D eigenvalue weighted by Crippen LogP contribution is 2.37. The van der Waals surface area contributed by atoms with Crippen LogP contribution in [0.1, 0.15) is 38.2 Å². The number of anilines is 1. The van der Waals surface area contributed by atoms with Crippen LogP contribution in [-0.2, 0) is 4.79 Å². The third-order valence-corrected chi connectivity index (χ3v) is 5.87. The van der Waals surface area contributed by atoms with Gasteiger partial charge in [0.05, 0.1) is 10.6 Å². The lowest BCUT2D eigenvalue weighted by molar-refractivity contribution is -0.113. The zero-order chi connectivity index (χ0) is 16.4. The number of thiocarbonyl (C=S) groups is 1. The fourth-order valence-corrected chi connectivity index (χ4v) is 4.54. The number of rotatable bonds is 3. The van der Waals surface area contributed by atoms with Crippen LogP contribution in [0.25, 0.3) is 0 Å². The third-order valence-electron chi connectivity index (χ3n) is 4.58. The molecule has 5 heteroatoms. The van der Waals surface area contributed by atoms with Crippen molar-refractivity contribution in [1.82, 2.24) is 4.90 Å². The maximum Gasteiger partial charge on any atom is 0.272 e. The van der Waals surface area contributed by atoms with E-state index in [1.165, 1.54) is 31.0 Å². The predicted molar refractivity (Wildman–Crippen MR) is 102 cm³/mol. The van der Waals surface area contributed by atoms with E-state index in [0.717, 1.165) is 29.1 Å². The summed E-state index contributed by atoms with van der Waals surface area (Å²) in [6.45, 7) is 5.26. The highest BCUT2D eigenvalue weighted by Gasteiger charge is 2.35. The van der Waals surface area contributed by atoms with Gasteiger partial charge in [-0.15, -0.1) is 0 Å². The summed E-state index contributed by atoms with van der Waals surface area (Å²) < 4.78 is 0.626. The van der Waals surface area contributed by atoms with Crippen LogP contribution >= 0.6 is 24.0 Å². The number of hydrogen-bond donors (Lipinski definition) is 0. The fraction of sp³-hybridized carbons (Fsp3) is 0.444. The van der Waals surface area contributed by atoms with Crippen molar-refractivity contribution in [2.45, 2.75) is 45.6 Å². The molecule has 1 aromatic carbocycles. The van der Waals surface area contributed by atoms with Crippen molar-refractivity contribution in [1.29, 1.82) is 0 Å². The Morgan fingerprint density at radius 3 is 2.87 bits per heavy atom. The molecule has 122 valence electrons. The van der Waals surface area contributed by atoms with Crippen LogP contribution in [0.5, 0.6) is 0 Å². The van der Waals surface area contributed by atoms with Crippen molar-refractivity contribution in [3.63, 3.8) is 0 Å². The molecular formula is C18H22N2OS2. The van der Waals surface area contributed by atoms with Gasteiger partial charge in [0.2, 0.25) is 0 Å². The Bertz CT molecular complexity index is 656. The number of benzene rings is 1. The molecule has 2 aliphatic heterocycles. The molecule has 2 heterocycles. The minimum atomic E-state index is 0.00901. The van der Waals surface area contributed by atoms with Gasteiger partial charge >= 0.3 is 0 Å². The second-order valence-electron chi connectivity index (χ2n) is 6.08. The average molecular weight is 347 g/mol. The van der Waals surface area contributed by atoms with E-state index in [4.69, 9.17) is 12.2 Å². The highest BCUT2D eigenvalue weighted by molar-refractivity contribution is 8.27. The van der Waals surface area contributed by atoms with Crippen LogP contribution in [0.4, 0.5) is 5.69 Å².